The van der Waals surface area contributed by atoms with Gasteiger partial charge >= 0.3 is 0 Å². The van der Waals surface area contributed by atoms with Crippen LogP contribution in [-0.2, 0) is 4.74 Å². The number of aryl methyl sites for hydroxylation is 1. The molecule has 1 saturated heterocycles. The molecular weight excluding hydrogens is 248 g/mol. The molecule has 0 saturated carbocycles. The number of pyridine rings is 1. The first kappa shape index (κ1) is 12.1. The number of fused-ring (bicyclic) bond motifs is 1. The Morgan fingerprint density at radius 2 is 2.37 bits per heavy atom. The Bertz CT molecular complexity index is 676. The highest BCUT2D eigenvalue weighted by Gasteiger charge is 2.18. The van der Waals surface area contributed by atoms with Crippen LogP contribution >= 0.6 is 0 Å². The Balaban J connectivity index is 2.15. The normalized spacial score (nSPS) is 19.7. The molecule has 19 heavy (non-hydrogen) atoms. The van der Waals surface area contributed by atoms with Gasteiger partial charge in [-0.1, -0.05) is 0 Å². The molecule has 100 valence electrons. The maximum atomic E-state index is 12.1. The number of aromatic nitrogens is 3. The molecule has 2 N–H and O–H groups in total. The monoisotopic (exact) mass is 262 g/mol. The van der Waals surface area contributed by atoms with Gasteiger partial charge in [-0.3, -0.25) is 9.36 Å². The molecule has 0 aromatic carbocycles. The fraction of sp³-hybridized carbons (Fsp3) is 0.417. The average molecular weight is 262 g/mol. The molecule has 2 aromatic rings. The van der Waals surface area contributed by atoms with Crippen molar-refractivity contribution >= 4 is 10.9 Å². The summed E-state index contributed by atoms with van der Waals surface area (Å²) in [5.74, 6) is 0.303. The quantitative estimate of drug-likeness (QED) is 0.747. The minimum atomic E-state index is -0.369. The van der Waals surface area contributed by atoms with Crippen molar-refractivity contribution in [2.75, 3.05) is 19.7 Å². The van der Waals surface area contributed by atoms with E-state index in [0.717, 1.165) is 6.54 Å². The predicted molar refractivity (Wildman–Crippen MR) is 68.1 cm³/mol. The number of hydrogen-bond donors (Lipinski definition) is 2. The van der Waals surface area contributed by atoms with E-state index in [9.17, 15) is 9.90 Å². The molecule has 7 heteroatoms. The molecule has 1 atom stereocenters. The van der Waals surface area contributed by atoms with Crippen LogP contribution in [0.25, 0.3) is 10.9 Å². The smallest absolute Gasteiger partial charge is 0.254 e. The summed E-state index contributed by atoms with van der Waals surface area (Å²) in [6, 6.07) is 1.39. The first-order valence-electron chi connectivity index (χ1n) is 6.07. The zero-order valence-electron chi connectivity index (χ0n) is 10.5. The van der Waals surface area contributed by atoms with Crippen LogP contribution < -0.4 is 10.9 Å². The third kappa shape index (κ3) is 2.18. The maximum Gasteiger partial charge on any atom is 0.254 e. The van der Waals surface area contributed by atoms with E-state index >= 15 is 0 Å². The highest BCUT2D eigenvalue weighted by Crippen LogP contribution is 2.20. The van der Waals surface area contributed by atoms with Gasteiger partial charge in [0.25, 0.3) is 5.56 Å². The number of morpholine rings is 1. The minimum Gasteiger partial charge on any atom is -0.493 e. The number of nitrogens with one attached hydrogen (secondary N) is 1. The Kier molecular flexibility index (Phi) is 2.92. The second-order valence-corrected chi connectivity index (χ2v) is 4.44. The van der Waals surface area contributed by atoms with Crippen molar-refractivity contribution in [3.63, 3.8) is 0 Å². The lowest BCUT2D eigenvalue weighted by molar-refractivity contribution is -0.0214. The van der Waals surface area contributed by atoms with E-state index in [0.29, 0.717) is 29.9 Å². The SMILES string of the molecule is Cc1nc(O)c2cn(C3CNCCO3)c(=O)cc2n1. The molecule has 2 aromatic heterocycles. The van der Waals surface area contributed by atoms with E-state index in [1.54, 1.807) is 13.1 Å². The van der Waals surface area contributed by atoms with Gasteiger partial charge in [-0.2, -0.15) is 4.98 Å². The zero-order chi connectivity index (χ0) is 13.4. The molecule has 1 aliphatic rings. The Hall–Kier alpha value is -1.99. The first-order chi connectivity index (χ1) is 9.15. The third-order valence-electron chi connectivity index (χ3n) is 3.07. The van der Waals surface area contributed by atoms with Crippen LogP contribution in [0.5, 0.6) is 5.88 Å². The van der Waals surface area contributed by atoms with Crippen LogP contribution in [0.15, 0.2) is 17.1 Å². The summed E-state index contributed by atoms with van der Waals surface area (Å²) < 4.78 is 6.99. The lowest BCUT2D eigenvalue weighted by atomic mass is 10.3. The van der Waals surface area contributed by atoms with Crippen molar-refractivity contribution in [1.82, 2.24) is 19.9 Å². The van der Waals surface area contributed by atoms with Gasteiger partial charge in [0.1, 0.15) is 12.1 Å². The second kappa shape index (κ2) is 4.60. The number of hydrogen-bond acceptors (Lipinski definition) is 6. The van der Waals surface area contributed by atoms with Gasteiger partial charge in [-0.05, 0) is 6.92 Å². The largest absolute Gasteiger partial charge is 0.493 e. The summed E-state index contributed by atoms with van der Waals surface area (Å²) in [5.41, 5.74) is 0.230. The number of nitrogens with zero attached hydrogens (tertiary/aromatic N) is 3. The summed E-state index contributed by atoms with van der Waals surface area (Å²) in [5, 5.41) is 13.4. The van der Waals surface area contributed by atoms with Crippen molar-refractivity contribution in [3.05, 3.63) is 28.4 Å². The Morgan fingerprint density at radius 3 is 3.11 bits per heavy atom. The van der Waals surface area contributed by atoms with E-state index in [1.165, 1.54) is 10.6 Å². The summed E-state index contributed by atoms with van der Waals surface area (Å²) in [7, 11) is 0. The van der Waals surface area contributed by atoms with E-state index in [-0.39, 0.29) is 17.7 Å². The molecule has 0 spiro atoms. The van der Waals surface area contributed by atoms with Gasteiger partial charge in [-0.15, -0.1) is 0 Å². The third-order valence-corrected chi connectivity index (χ3v) is 3.07. The van der Waals surface area contributed by atoms with Crippen LogP contribution in [0.2, 0.25) is 0 Å². The molecule has 0 aliphatic carbocycles. The van der Waals surface area contributed by atoms with Crippen LogP contribution in [0.1, 0.15) is 12.1 Å². The highest BCUT2D eigenvalue weighted by molar-refractivity contribution is 5.82. The van der Waals surface area contributed by atoms with Gasteiger partial charge in [-0.25, -0.2) is 4.98 Å². The molecule has 1 unspecified atom stereocenters. The van der Waals surface area contributed by atoms with Crippen molar-refractivity contribution < 1.29 is 9.84 Å². The molecule has 3 rings (SSSR count). The topological polar surface area (TPSA) is 89.3 Å². The molecule has 0 radical (unpaired) electrons. The number of aromatic hydroxyl groups is 1. The fourth-order valence-electron chi connectivity index (χ4n) is 2.17. The molecule has 3 heterocycles. The van der Waals surface area contributed by atoms with Crippen LogP contribution in [0, 0.1) is 6.92 Å². The number of rotatable bonds is 1. The summed E-state index contributed by atoms with van der Waals surface area (Å²) in [6.07, 6.45) is 1.18. The van der Waals surface area contributed by atoms with Crippen molar-refractivity contribution in [3.8, 4) is 5.88 Å². The highest BCUT2D eigenvalue weighted by atomic mass is 16.5. The van der Waals surface area contributed by atoms with Gasteiger partial charge in [0.15, 0.2) is 0 Å². The second-order valence-electron chi connectivity index (χ2n) is 4.44. The lowest BCUT2D eigenvalue weighted by Crippen LogP contribution is -2.39. The first-order valence-corrected chi connectivity index (χ1v) is 6.07. The lowest BCUT2D eigenvalue weighted by Gasteiger charge is -2.25. The van der Waals surface area contributed by atoms with Crippen molar-refractivity contribution in [1.29, 1.82) is 0 Å². The molecule has 1 fully saturated rings. The summed E-state index contributed by atoms with van der Waals surface area (Å²) >= 11 is 0. The molecule has 7 nitrogen and oxygen atoms in total. The van der Waals surface area contributed by atoms with Gasteiger partial charge in [0.2, 0.25) is 5.88 Å². The van der Waals surface area contributed by atoms with Crippen molar-refractivity contribution in [2.45, 2.75) is 13.2 Å². The Morgan fingerprint density at radius 1 is 1.53 bits per heavy atom. The zero-order valence-corrected chi connectivity index (χ0v) is 10.5. The standard InChI is InChI=1S/C12H14N4O3/c1-7-14-9-4-10(17)16(6-8(9)12(18)15-7)11-5-13-2-3-19-11/h4,6,11,13H,2-3,5H2,1H3,(H,14,15,18). The number of ether oxygens (including phenoxy) is 1. The van der Waals surface area contributed by atoms with Crippen LogP contribution in [0.3, 0.4) is 0 Å². The molecule has 0 amide bonds. The van der Waals surface area contributed by atoms with Gasteiger partial charge < -0.3 is 15.2 Å². The van der Waals surface area contributed by atoms with Gasteiger partial charge in [0.05, 0.1) is 17.5 Å². The van der Waals surface area contributed by atoms with E-state index in [4.69, 9.17) is 4.74 Å². The predicted octanol–water partition coefficient (Wildman–Crippen LogP) is -0.0761. The van der Waals surface area contributed by atoms with Crippen LogP contribution in [-0.4, -0.2) is 39.3 Å². The molecule has 1 aliphatic heterocycles. The van der Waals surface area contributed by atoms with Crippen LogP contribution in [0.4, 0.5) is 0 Å². The minimum absolute atomic E-state index is 0.125. The average Bonchev–Trinajstić information content (AvgIpc) is 2.38. The molecule has 0 bridgehead atoms. The summed E-state index contributed by atoms with van der Waals surface area (Å²) in [6.45, 7) is 3.54. The molecular formula is C12H14N4O3. The van der Waals surface area contributed by atoms with E-state index in [1.807, 2.05) is 0 Å². The van der Waals surface area contributed by atoms with Crippen molar-refractivity contribution in [2.24, 2.45) is 0 Å². The summed E-state index contributed by atoms with van der Waals surface area (Å²) in [4.78, 5) is 20.1. The van der Waals surface area contributed by atoms with E-state index in [2.05, 4.69) is 15.3 Å². The Labute approximate surface area is 108 Å². The van der Waals surface area contributed by atoms with E-state index < -0.39 is 0 Å². The maximum absolute atomic E-state index is 12.1. The van der Waals surface area contributed by atoms with Gasteiger partial charge in [0, 0.05) is 25.4 Å². The fourth-order valence-corrected chi connectivity index (χ4v) is 2.17.